The van der Waals surface area contributed by atoms with Crippen LogP contribution in [0.25, 0.3) is 0 Å². The summed E-state index contributed by atoms with van der Waals surface area (Å²) in [4.78, 5) is 10.1. The van der Waals surface area contributed by atoms with Gasteiger partial charge in [-0.25, -0.2) is 9.97 Å². The Morgan fingerprint density at radius 3 is 2.77 bits per heavy atom. The standard InChI is InChI=1S/C8H13N3OS/c1-11(2)6-7-4-5-9-8(10-7)13(3)12/h4-5H,6H2,1-3H3. The quantitative estimate of drug-likeness (QED) is 0.656. The summed E-state index contributed by atoms with van der Waals surface area (Å²) in [5, 5.41) is 0.402. The summed E-state index contributed by atoms with van der Waals surface area (Å²) in [7, 11) is 2.83. The lowest BCUT2D eigenvalue weighted by Crippen LogP contribution is -2.13. The van der Waals surface area contributed by atoms with E-state index >= 15 is 0 Å². The first-order valence-electron chi connectivity index (χ1n) is 3.89. The van der Waals surface area contributed by atoms with Crippen molar-refractivity contribution in [1.82, 2.24) is 14.9 Å². The van der Waals surface area contributed by atoms with Crippen molar-refractivity contribution in [2.75, 3.05) is 20.4 Å². The second kappa shape index (κ2) is 4.43. The lowest BCUT2D eigenvalue weighted by atomic mass is 10.4. The van der Waals surface area contributed by atoms with E-state index in [9.17, 15) is 4.21 Å². The van der Waals surface area contributed by atoms with Gasteiger partial charge in [0, 0.05) is 19.0 Å². The molecular formula is C8H13N3OS. The van der Waals surface area contributed by atoms with E-state index in [1.54, 1.807) is 12.5 Å². The summed E-state index contributed by atoms with van der Waals surface area (Å²) in [5.74, 6) is 0. The Morgan fingerprint density at radius 2 is 2.23 bits per heavy atom. The van der Waals surface area contributed by atoms with Crippen LogP contribution in [0.5, 0.6) is 0 Å². The molecule has 1 atom stereocenters. The van der Waals surface area contributed by atoms with Gasteiger partial charge in [0.25, 0.3) is 0 Å². The Hall–Kier alpha value is -0.810. The molecule has 1 rings (SSSR count). The molecular weight excluding hydrogens is 186 g/mol. The Kier molecular flexibility index (Phi) is 3.50. The highest BCUT2D eigenvalue weighted by Crippen LogP contribution is 2.00. The van der Waals surface area contributed by atoms with Crippen molar-refractivity contribution in [3.05, 3.63) is 18.0 Å². The fourth-order valence-corrected chi connectivity index (χ4v) is 1.38. The van der Waals surface area contributed by atoms with Crippen LogP contribution in [-0.2, 0) is 17.3 Å². The van der Waals surface area contributed by atoms with E-state index in [2.05, 4.69) is 9.97 Å². The van der Waals surface area contributed by atoms with Crippen LogP contribution in [0.1, 0.15) is 5.69 Å². The van der Waals surface area contributed by atoms with Crippen LogP contribution in [0.3, 0.4) is 0 Å². The molecule has 0 saturated heterocycles. The van der Waals surface area contributed by atoms with Crippen LogP contribution in [-0.4, -0.2) is 39.4 Å². The monoisotopic (exact) mass is 199 g/mol. The molecule has 0 radical (unpaired) electrons. The molecule has 0 aliphatic rings. The third-order valence-electron chi connectivity index (χ3n) is 1.43. The minimum absolute atomic E-state index is 0.402. The van der Waals surface area contributed by atoms with E-state index in [4.69, 9.17) is 0 Å². The van der Waals surface area contributed by atoms with Crippen molar-refractivity contribution in [1.29, 1.82) is 0 Å². The van der Waals surface area contributed by atoms with Gasteiger partial charge in [0.2, 0.25) is 5.16 Å². The van der Waals surface area contributed by atoms with Crippen LogP contribution in [0.2, 0.25) is 0 Å². The molecule has 72 valence electrons. The Balaban J connectivity index is 2.85. The first-order chi connectivity index (χ1) is 6.09. The second-order valence-corrected chi connectivity index (χ2v) is 4.30. The van der Waals surface area contributed by atoms with Crippen LogP contribution >= 0.6 is 0 Å². The molecule has 0 aromatic carbocycles. The number of hydrogen-bond donors (Lipinski definition) is 0. The highest BCUT2D eigenvalue weighted by atomic mass is 32.2. The summed E-state index contributed by atoms with van der Waals surface area (Å²) in [6, 6.07) is 1.83. The molecule has 1 unspecified atom stereocenters. The van der Waals surface area contributed by atoms with Crippen molar-refractivity contribution < 1.29 is 4.21 Å². The van der Waals surface area contributed by atoms with Gasteiger partial charge in [-0.2, -0.15) is 0 Å². The Morgan fingerprint density at radius 1 is 1.54 bits per heavy atom. The molecule has 0 fully saturated rings. The summed E-state index contributed by atoms with van der Waals surface area (Å²) in [6.45, 7) is 0.743. The SMILES string of the molecule is CN(C)Cc1ccnc(S(C)=O)n1. The molecule has 0 amide bonds. The maximum atomic E-state index is 11.1. The normalized spacial score (nSPS) is 13.2. The highest BCUT2D eigenvalue weighted by Gasteiger charge is 2.02. The van der Waals surface area contributed by atoms with Gasteiger partial charge in [-0.05, 0) is 20.2 Å². The Bertz CT molecular complexity index is 314. The van der Waals surface area contributed by atoms with Crippen molar-refractivity contribution in [3.8, 4) is 0 Å². The Labute approximate surface area is 80.5 Å². The molecule has 0 bridgehead atoms. The van der Waals surface area contributed by atoms with Gasteiger partial charge < -0.3 is 4.90 Å². The first-order valence-corrected chi connectivity index (χ1v) is 5.45. The molecule has 1 aromatic rings. The predicted molar refractivity (Wildman–Crippen MR) is 51.8 cm³/mol. The lowest BCUT2D eigenvalue weighted by Gasteiger charge is -2.08. The molecule has 0 aliphatic heterocycles. The molecule has 1 heterocycles. The fourth-order valence-electron chi connectivity index (χ4n) is 0.927. The van der Waals surface area contributed by atoms with E-state index in [1.165, 1.54) is 0 Å². The van der Waals surface area contributed by atoms with Gasteiger partial charge in [0.05, 0.1) is 16.5 Å². The van der Waals surface area contributed by atoms with Gasteiger partial charge >= 0.3 is 0 Å². The largest absolute Gasteiger partial charge is 0.304 e. The molecule has 5 heteroatoms. The summed E-state index contributed by atoms with van der Waals surface area (Å²) in [5.41, 5.74) is 0.894. The molecule has 4 nitrogen and oxygen atoms in total. The third-order valence-corrected chi connectivity index (χ3v) is 2.14. The van der Waals surface area contributed by atoms with Crippen LogP contribution in [0, 0.1) is 0 Å². The average molecular weight is 199 g/mol. The van der Waals surface area contributed by atoms with Crippen LogP contribution in [0.15, 0.2) is 17.4 Å². The minimum atomic E-state index is -1.09. The second-order valence-electron chi connectivity index (χ2n) is 3.02. The third kappa shape index (κ3) is 3.20. The topological polar surface area (TPSA) is 46.1 Å². The molecule has 0 aliphatic carbocycles. The summed E-state index contributed by atoms with van der Waals surface area (Å²) in [6.07, 6.45) is 3.22. The lowest BCUT2D eigenvalue weighted by molar-refractivity contribution is 0.395. The zero-order valence-corrected chi connectivity index (χ0v) is 8.84. The van der Waals surface area contributed by atoms with Crippen molar-refractivity contribution in [2.45, 2.75) is 11.7 Å². The fraction of sp³-hybridized carbons (Fsp3) is 0.500. The summed E-state index contributed by atoms with van der Waals surface area (Å²) >= 11 is 0. The zero-order valence-electron chi connectivity index (χ0n) is 8.02. The highest BCUT2D eigenvalue weighted by molar-refractivity contribution is 7.84. The smallest absolute Gasteiger partial charge is 0.218 e. The molecule has 13 heavy (non-hydrogen) atoms. The van der Waals surface area contributed by atoms with Crippen molar-refractivity contribution in [3.63, 3.8) is 0 Å². The molecule has 0 spiro atoms. The molecule has 1 aromatic heterocycles. The van der Waals surface area contributed by atoms with E-state index < -0.39 is 10.8 Å². The van der Waals surface area contributed by atoms with Crippen LogP contribution in [0.4, 0.5) is 0 Å². The molecule has 0 saturated carbocycles. The van der Waals surface area contributed by atoms with Crippen molar-refractivity contribution in [2.24, 2.45) is 0 Å². The minimum Gasteiger partial charge on any atom is -0.304 e. The van der Waals surface area contributed by atoms with E-state index in [0.29, 0.717) is 5.16 Å². The number of aromatic nitrogens is 2. The first kappa shape index (κ1) is 10.3. The van der Waals surface area contributed by atoms with E-state index in [1.807, 2.05) is 25.1 Å². The van der Waals surface area contributed by atoms with Gasteiger partial charge in [-0.1, -0.05) is 0 Å². The predicted octanol–water partition coefficient (Wildman–Crippen LogP) is 0.276. The van der Waals surface area contributed by atoms with Gasteiger partial charge in [0.15, 0.2) is 0 Å². The number of hydrogen-bond acceptors (Lipinski definition) is 4. The average Bonchev–Trinajstić information content (AvgIpc) is 2.03. The van der Waals surface area contributed by atoms with Gasteiger partial charge in [0.1, 0.15) is 0 Å². The number of nitrogens with zero attached hydrogens (tertiary/aromatic N) is 3. The molecule has 0 N–H and O–H groups in total. The van der Waals surface area contributed by atoms with E-state index in [0.717, 1.165) is 12.2 Å². The summed E-state index contributed by atoms with van der Waals surface area (Å²) < 4.78 is 11.1. The van der Waals surface area contributed by atoms with Crippen LogP contribution < -0.4 is 0 Å². The zero-order chi connectivity index (χ0) is 9.84. The number of rotatable bonds is 3. The maximum Gasteiger partial charge on any atom is 0.218 e. The van der Waals surface area contributed by atoms with Crippen molar-refractivity contribution >= 4 is 10.8 Å². The van der Waals surface area contributed by atoms with Gasteiger partial charge in [-0.3, -0.25) is 4.21 Å². The maximum absolute atomic E-state index is 11.1. The van der Waals surface area contributed by atoms with E-state index in [-0.39, 0.29) is 0 Å². The van der Waals surface area contributed by atoms with Gasteiger partial charge in [-0.15, -0.1) is 0 Å².